The summed E-state index contributed by atoms with van der Waals surface area (Å²) >= 11 is 0. The zero-order valence-electron chi connectivity index (χ0n) is 13.2. The maximum atomic E-state index is 5.72. The molecule has 2 rings (SSSR count). The molecule has 1 N–H and O–H groups in total. The summed E-state index contributed by atoms with van der Waals surface area (Å²) in [5, 5.41) is 3.34. The zero-order valence-corrected chi connectivity index (χ0v) is 13.2. The first-order valence-electron chi connectivity index (χ1n) is 7.31. The summed E-state index contributed by atoms with van der Waals surface area (Å²) in [6.07, 6.45) is 3.42. The van der Waals surface area contributed by atoms with Crippen LogP contribution >= 0.6 is 0 Å². The van der Waals surface area contributed by atoms with Crippen LogP contribution in [0, 0.1) is 19.8 Å². The van der Waals surface area contributed by atoms with E-state index in [-0.39, 0.29) is 0 Å². The molecule has 0 fully saturated rings. The molecule has 0 amide bonds. The van der Waals surface area contributed by atoms with Crippen LogP contribution in [0.3, 0.4) is 0 Å². The van der Waals surface area contributed by atoms with E-state index in [9.17, 15) is 0 Å². The molecule has 0 aliphatic rings. The fourth-order valence-electron chi connectivity index (χ4n) is 1.87. The molecule has 4 nitrogen and oxygen atoms in total. The fourth-order valence-corrected chi connectivity index (χ4v) is 1.87. The molecule has 0 bridgehead atoms. The van der Waals surface area contributed by atoms with Crippen molar-refractivity contribution in [3.63, 3.8) is 0 Å². The topological polar surface area (TPSA) is 47.0 Å². The first-order valence-corrected chi connectivity index (χ1v) is 7.31. The normalized spacial score (nSPS) is 10.9. The smallest absolute Gasteiger partial charge is 0.237 e. The third-order valence-electron chi connectivity index (χ3n) is 3.24. The Labute approximate surface area is 126 Å². The quantitative estimate of drug-likeness (QED) is 0.880. The standard InChI is InChI=1S/C17H23N3O/c1-12(2)8-18-9-15-10-20-17(11-19-15)21-16-6-5-13(3)14(4)7-16/h5-7,10-12,18H,8-9H2,1-4H3. The van der Waals surface area contributed by atoms with E-state index in [2.05, 4.69) is 43.0 Å². The van der Waals surface area contributed by atoms with Gasteiger partial charge in [-0.1, -0.05) is 19.9 Å². The molecule has 0 radical (unpaired) electrons. The Morgan fingerprint density at radius 3 is 2.52 bits per heavy atom. The summed E-state index contributed by atoms with van der Waals surface area (Å²) in [4.78, 5) is 8.66. The van der Waals surface area contributed by atoms with Gasteiger partial charge in [0.05, 0.1) is 18.1 Å². The molecule has 1 aromatic heterocycles. The van der Waals surface area contributed by atoms with E-state index in [0.717, 1.165) is 24.5 Å². The van der Waals surface area contributed by atoms with E-state index < -0.39 is 0 Å². The molecule has 112 valence electrons. The van der Waals surface area contributed by atoms with E-state index in [0.29, 0.717) is 11.8 Å². The average Bonchev–Trinajstić information content (AvgIpc) is 2.44. The number of hydrogen-bond acceptors (Lipinski definition) is 4. The molecule has 2 aromatic rings. The monoisotopic (exact) mass is 285 g/mol. The van der Waals surface area contributed by atoms with Gasteiger partial charge in [-0.2, -0.15) is 0 Å². The lowest BCUT2D eigenvalue weighted by molar-refractivity contribution is 0.457. The second kappa shape index (κ2) is 7.18. The van der Waals surface area contributed by atoms with Crippen LogP contribution in [-0.4, -0.2) is 16.5 Å². The first-order chi connectivity index (χ1) is 10.0. The number of nitrogens with one attached hydrogen (secondary N) is 1. The van der Waals surface area contributed by atoms with Gasteiger partial charge in [0, 0.05) is 6.54 Å². The molecule has 0 unspecified atom stereocenters. The lowest BCUT2D eigenvalue weighted by Gasteiger charge is -2.08. The largest absolute Gasteiger partial charge is 0.437 e. The average molecular weight is 285 g/mol. The number of rotatable bonds is 6. The van der Waals surface area contributed by atoms with Crippen molar-refractivity contribution in [1.82, 2.24) is 15.3 Å². The van der Waals surface area contributed by atoms with Gasteiger partial charge in [0.2, 0.25) is 5.88 Å². The summed E-state index contributed by atoms with van der Waals surface area (Å²) in [7, 11) is 0. The highest BCUT2D eigenvalue weighted by atomic mass is 16.5. The Hall–Kier alpha value is -1.94. The Kier molecular flexibility index (Phi) is 5.28. The fraction of sp³-hybridized carbons (Fsp3) is 0.412. The van der Waals surface area contributed by atoms with Gasteiger partial charge in [0.25, 0.3) is 0 Å². The molecule has 0 atom stereocenters. The maximum absolute atomic E-state index is 5.72. The molecule has 0 aliphatic heterocycles. The molecular formula is C17H23N3O. The van der Waals surface area contributed by atoms with Crippen LogP contribution in [0.15, 0.2) is 30.6 Å². The minimum atomic E-state index is 0.519. The highest BCUT2D eigenvalue weighted by Crippen LogP contribution is 2.21. The lowest BCUT2D eigenvalue weighted by atomic mass is 10.1. The van der Waals surface area contributed by atoms with Gasteiger partial charge in [0.1, 0.15) is 5.75 Å². The van der Waals surface area contributed by atoms with Crippen molar-refractivity contribution in [3.05, 3.63) is 47.4 Å². The first kappa shape index (κ1) is 15.4. The lowest BCUT2D eigenvalue weighted by Crippen LogP contribution is -2.19. The summed E-state index contributed by atoms with van der Waals surface area (Å²) in [6.45, 7) is 10.2. The van der Waals surface area contributed by atoms with Gasteiger partial charge in [-0.25, -0.2) is 4.98 Å². The van der Waals surface area contributed by atoms with Crippen molar-refractivity contribution in [2.24, 2.45) is 5.92 Å². The van der Waals surface area contributed by atoms with E-state index in [1.165, 1.54) is 11.1 Å². The van der Waals surface area contributed by atoms with Crippen molar-refractivity contribution in [1.29, 1.82) is 0 Å². The van der Waals surface area contributed by atoms with E-state index in [4.69, 9.17) is 4.74 Å². The van der Waals surface area contributed by atoms with Crippen molar-refractivity contribution in [3.8, 4) is 11.6 Å². The van der Waals surface area contributed by atoms with Crippen LogP contribution < -0.4 is 10.1 Å². The van der Waals surface area contributed by atoms with Gasteiger partial charge in [-0.3, -0.25) is 4.98 Å². The summed E-state index contributed by atoms with van der Waals surface area (Å²) in [6, 6.07) is 6.00. The molecule has 21 heavy (non-hydrogen) atoms. The summed E-state index contributed by atoms with van der Waals surface area (Å²) in [5.74, 6) is 1.94. The highest BCUT2D eigenvalue weighted by Gasteiger charge is 2.02. The molecule has 0 aliphatic carbocycles. The molecule has 0 saturated heterocycles. The second-order valence-corrected chi connectivity index (χ2v) is 5.72. The summed E-state index contributed by atoms with van der Waals surface area (Å²) in [5.41, 5.74) is 3.37. The van der Waals surface area contributed by atoms with Crippen molar-refractivity contribution in [2.75, 3.05) is 6.54 Å². The van der Waals surface area contributed by atoms with Crippen LogP contribution in [0.5, 0.6) is 11.6 Å². The van der Waals surface area contributed by atoms with Gasteiger partial charge >= 0.3 is 0 Å². The molecule has 0 saturated carbocycles. The number of aromatic nitrogens is 2. The van der Waals surface area contributed by atoms with Gasteiger partial charge in [-0.05, 0) is 49.6 Å². The third kappa shape index (κ3) is 4.83. The number of aryl methyl sites for hydroxylation is 2. The molecule has 0 spiro atoms. The maximum Gasteiger partial charge on any atom is 0.237 e. The van der Waals surface area contributed by atoms with Gasteiger partial charge in [0.15, 0.2) is 0 Å². The number of benzene rings is 1. The SMILES string of the molecule is Cc1ccc(Oc2cnc(CNCC(C)C)cn2)cc1C. The predicted octanol–water partition coefficient (Wildman–Crippen LogP) is 3.63. The van der Waals surface area contributed by atoms with Crippen LogP contribution in [-0.2, 0) is 6.54 Å². The Morgan fingerprint density at radius 1 is 1.10 bits per heavy atom. The summed E-state index contributed by atoms with van der Waals surface area (Å²) < 4.78 is 5.72. The second-order valence-electron chi connectivity index (χ2n) is 5.72. The Balaban J connectivity index is 1.94. The van der Waals surface area contributed by atoms with Gasteiger partial charge in [-0.15, -0.1) is 0 Å². The number of nitrogens with zero attached hydrogens (tertiary/aromatic N) is 2. The van der Waals surface area contributed by atoms with Crippen LogP contribution in [0.4, 0.5) is 0 Å². The van der Waals surface area contributed by atoms with Crippen LogP contribution in [0.25, 0.3) is 0 Å². The molecule has 1 heterocycles. The Morgan fingerprint density at radius 2 is 1.90 bits per heavy atom. The van der Waals surface area contributed by atoms with Crippen molar-refractivity contribution >= 4 is 0 Å². The predicted molar refractivity (Wildman–Crippen MR) is 84.6 cm³/mol. The molecule has 4 heteroatoms. The van der Waals surface area contributed by atoms with Crippen LogP contribution in [0.2, 0.25) is 0 Å². The van der Waals surface area contributed by atoms with Crippen molar-refractivity contribution < 1.29 is 4.74 Å². The van der Waals surface area contributed by atoms with Crippen LogP contribution in [0.1, 0.15) is 30.7 Å². The number of hydrogen-bond donors (Lipinski definition) is 1. The zero-order chi connectivity index (χ0) is 15.2. The van der Waals surface area contributed by atoms with E-state index in [1.54, 1.807) is 12.4 Å². The van der Waals surface area contributed by atoms with Gasteiger partial charge < -0.3 is 10.1 Å². The molecule has 1 aromatic carbocycles. The number of ether oxygens (including phenoxy) is 1. The molecular weight excluding hydrogens is 262 g/mol. The Bertz CT molecular complexity index is 579. The van der Waals surface area contributed by atoms with E-state index >= 15 is 0 Å². The minimum absolute atomic E-state index is 0.519. The third-order valence-corrected chi connectivity index (χ3v) is 3.24. The highest BCUT2D eigenvalue weighted by molar-refractivity contribution is 5.35. The van der Waals surface area contributed by atoms with Crippen molar-refractivity contribution in [2.45, 2.75) is 34.2 Å². The minimum Gasteiger partial charge on any atom is -0.437 e. The van der Waals surface area contributed by atoms with E-state index in [1.807, 2.05) is 18.2 Å².